The zero-order chi connectivity index (χ0) is 20.8. The Morgan fingerprint density at radius 3 is 2.90 bits per heavy atom. The van der Waals surface area contributed by atoms with Crippen LogP contribution in [0.15, 0.2) is 45.8 Å². The lowest BCUT2D eigenvalue weighted by atomic mass is 9.98. The number of hydrogen-bond donors (Lipinski definition) is 1. The highest BCUT2D eigenvalue weighted by Crippen LogP contribution is 2.39. The largest absolute Gasteiger partial charge is 0.486 e. The van der Waals surface area contributed by atoms with Crippen molar-refractivity contribution in [3.63, 3.8) is 0 Å². The molecule has 29 heavy (non-hydrogen) atoms. The van der Waals surface area contributed by atoms with Crippen LogP contribution in [0, 0.1) is 0 Å². The predicted molar refractivity (Wildman–Crippen MR) is 107 cm³/mol. The number of nitrogens with one attached hydrogen (secondary N) is 1. The van der Waals surface area contributed by atoms with Crippen molar-refractivity contribution in [2.24, 2.45) is 0 Å². The summed E-state index contributed by atoms with van der Waals surface area (Å²) in [5.41, 5.74) is 0.558. The number of fused-ring (bicyclic) bond motifs is 1. The average Bonchev–Trinajstić information content (AvgIpc) is 3.24. The van der Waals surface area contributed by atoms with Crippen LogP contribution in [-0.4, -0.2) is 44.2 Å². The van der Waals surface area contributed by atoms with Crippen molar-refractivity contribution in [1.82, 2.24) is 19.7 Å². The van der Waals surface area contributed by atoms with Crippen LogP contribution < -0.4 is 5.32 Å². The third kappa shape index (κ3) is 4.07. The summed E-state index contributed by atoms with van der Waals surface area (Å²) in [6.45, 7) is 3.97. The van der Waals surface area contributed by atoms with Crippen LogP contribution in [0.3, 0.4) is 0 Å². The van der Waals surface area contributed by atoms with Gasteiger partial charge in [0.25, 0.3) is 5.91 Å². The first-order valence-corrected chi connectivity index (χ1v) is 9.82. The van der Waals surface area contributed by atoms with Crippen molar-refractivity contribution >= 4 is 34.3 Å². The number of carbonyl (C=O) groups excluding carboxylic acids is 1. The molecule has 3 heterocycles. The standard InChI is InChI=1S/C18H16F2IN5O3/c1-9(2)26-8-22-25-16(26)12-4-3-5-14(23-12)24-17(27)11-6-10(21)7-13-15(11)29-18(19,20)28-13/h3-9,13,15H,1-2H3,(H,23,24,27). The van der Waals surface area contributed by atoms with E-state index in [2.05, 4.69) is 30.0 Å². The topological polar surface area (TPSA) is 91.2 Å². The highest BCUT2D eigenvalue weighted by atomic mass is 127. The molecule has 2 aromatic heterocycles. The zero-order valence-corrected chi connectivity index (χ0v) is 17.5. The Morgan fingerprint density at radius 1 is 1.34 bits per heavy atom. The molecule has 11 heteroatoms. The summed E-state index contributed by atoms with van der Waals surface area (Å²) >= 11 is 1.94. The number of halogens is 3. The number of pyridine rings is 1. The fourth-order valence-electron chi connectivity index (χ4n) is 3.08. The molecule has 0 saturated carbocycles. The zero-order valence-electron chi connectivity index (χ0n) is 15.3. The van der Waals surface area contributed by atoms with Gasteiger partial charge in [0.1, 0.15) is 30.0 Å². The fraction of sp³-hybridized carbons (Fsp3) is 0.333. The number of alkyl halides is 2. The molecule has 0 radical (unpaired) electrons. The Balaban J connectivity index is 1.58. The second kappa shape index (κ2) is 7.54. The first-order valence-electron chi connectivity index (χ1n) is 8.74. The van der Waals surface area contributed by atoms with E-state index in [4.69, 9.17) is 0 Å². The molecule has 2 aromatic rings. The van der Waals surface area contributed by atoms with Crippen LogP contribution in [0.1, 0.15) is 19.9 Å². The van der Waals surface area contributed by atoms with Crippen LogP contribution in [-0.2, 0) is 14.3 Å². The van der Waals surface area contributed by atoms with Gasteiger partial charge in [0.05, 0.1) is 5.57 Å². The molecule has 0 bridgehead atoms. The van der Waals surface area contributed by atoms with E-state index >= 15 is 0 Å². The summed E-state index contributed by atoms with van der Waals surface area (Å²) < 4.78 is 38.6. The molecule has 1 N–H and O–H groups in total. The summed E-state index contributed by atoms with van der Waals surface area (Å²) in [5.74, 6) is 0.203. The summed E-state index contributed by atoms with van der Waals surface area (Å²) in [4.78, 5) is 17.2. The van der Waals surface area contributed by atoms with Gasteiger partial charge in [0, 0.05) is 9.62 Å². The molecule has 152 valence electrons. The number of carbonyl (C=O) groups is 1. The summed E-state index contributed by atoms with van der Waals surface area (Å²) in [7, 11) is 0. The molecular formula is C18H16F2IN5O3. The van der Waals surface area contributed by atoms with Gasteiger partial charge in [-0.05, 0) is 60.7 Å². The van der Waals surface area contributed by atoms with E-state index < -0.39 is 24.4 Å². The van der Waals surface area contributed by atoms with Crippen molar-refractivity contribution in [2.75, 3.05) is 5.32 Å². The number of aromatic nitrogens is 4. The summed E-state index contributed by atoms with van der Waals surface area (Å²) in [6, 6.07) is 5.18. The molecule has 1 aliphatic heterocycles. The molecule has 2 unspecified atom stereocenters. The van der Waals surface area contributed by atoms with Gasteiger partial charge in [-0.25, -0.2) is 4.98 Å². The molecule has 0 spiro atoms. The van der Waals surface area contributed by atoms with E-state index in [0.717, 1.165) is 0 Å². The van der Waals surface area contributed by atoms with Crippen molar-refractivity contribution < 1.29 is 23.0 Å². The van der Waals surface area contributed by atoms with Gasteiger partial charge in [-0.1, -0.05) is 6.07 Å². The minimum atomic E-state index is -3.74. The molecule has 4 rings (SSSR count). The normalized spacial score (nSPS) is 22.8. The molecule has 1 fully saturated rings. The number of allylic oxidation sites excluding steroid dienone is 2. The van der Waals surface area contributed by atoms with Crippen LogP contribution >= 0.6 is 22.6 Å². The van der Waals surface area contributed by atoms with Crippen molar-refractivity contribution in [3.05, 3.63) is 45.8 Å². The quantitative estimate of drug-likeness (QED) is 0.628. The van der Waals surface area contributed by atoms with Crippen molar-refractivity contribution in [3.8, 4) is 11.5 Å². The lowest BCUT2D eigenvalue weighted by molar-refractivity contribution is -0.347. The Kier molecular flexibility index (Phi) is 5.21. The van der Waals surface area contributed by atoms with Crippen molar-refractivity contribution in [1.29, 1.82) is 0 Å². The van der Waals surface area contributed by atoms with E-state index in [1.165, 1.54) is 12.2 Å². The lowest BCUT2D eigenvalue weighted by Crippen LogP contribution is -2.32. The third-order valence-corrected chi connectivity index (χ3v) is 5.04. The number of anilines is 1. The third-order valence-electron chi connectivity index (χ3n) is 4.37. The Hall–Kier alpha value is -2.25. The highest BCUT2D eigenvalue weighted by Gasteiger charge is 2.52. The van der Waals surface area contributed by atoms with Crippen molar-refractivity contribution in [2.45, 2.75) is 38.4 Å². The van der Waals surface area contributed by atoms with Gasteiger partial charge in [0.15, 0.2) is 5.82 Å². The Bertz CT molecular complexity index is 1020. The van der Waals surface area contributed by atoms with Gasteiger partial charge in [0.2, 0.25) is 0 Å². The number of rotatable bonds is 4. The second-order valence-corrected chi connectivity index (χ2v) is 8.00. The van der Waals surface area contributed by atoms with Gasteiger partial charge in [-0.15, -0.1) is 19.0 Å². The minimum Gasteiger partial charge on any atom is -0.310 e. The van der Waals surface area contributed by atoms with E-state index in [1.807, 2.05) is 41.0 Å². The molecule has 8 nitrogen and oxygen atoms in total. The molecule has 1 amide bonds. The van der Waals surface area contributed by atoms with Crippen LogP contribution in [0.4, 0.5) is 14.6 Å². The van der Waals surface area contributed by atoms with Gasteiger partial charge >= 0.3 is 6.29 Å². The Labute approximate surface area is 178 Å². The maximum Gasteiger partial charge on any atom is 0.486 e. The fourth-order valence-corrected chi connectivity index (χ4v) is 3.77. The van der Waals surface area contributed by atoms with E-state index in [0.29, 0.717) is 15.1 Å². The first kappa shape index (κ1) is 20.0. The molecule has 2 atom stereocenters. The van der Waals surface area contributed by atoms with E-state index in [-0.39, 0.29) is 17.4 Å². The van der Waals surface area contributed by atoms with E-state index in [9.17, 15) is 13.6 Å². The second-order valence-electron chi connectivity index (χ2n) is 6.75. The highest BCUT2D eigenvalue weighted by molar-refractivity contribution is 14.1. The SMILES string of the molecule is CC(C)n1cnnc1-c1cccc(NC(=O)C2=CC(I)=CC3OC(F)(F)OC23)n1. The minimum absolute atomic E-state index is 0.0385. The number of nitrogens with zero attached hydrogens (tertiary/aromatic N) is 4. The molecule has 1 aliphatic carbocycles. The van der Waals surface area contributed by atoms with Crippen LogP contribution in [0.2, 0.25) is 0 Å². The molecule has 2 aliphatic rings. The van der Waals surface area contributed by atoms with E-state index in [1.54, 1.807) is 24.5 Å². The average molecular weight is 515 g/mol. The first-order chi connectivity index (χ1) is 13.7. The number of amides is 1. The summed E-state index contributed by atoms with van der Waals surface area (Å²) in [6.07, 6.45) is -1.40. The smallest absolute Gasteiger partial charge is 0.310 e. The predicted octanol–water partition coefficient (Wildman–Crippen LogP) is 3.45. The van der Waals surface area contributed by atoms with Gasteiger partial charge < -0.3 is 9.88 Å². The lowest BCUT2D eigenvalue weighted by Gasteiger charge is -2.20. The molecule has 1 saturated heterocycles. The van der Waals surface area contributed by atoms with Gasteiger partial charge in [-0.3, -0.25) is 14.3 Å². The number of hydrogen-bond acceptors (Lipinski definition) is 6. The molecular weight excluding hydrogens is 499 g/mol. The molecule has 0 aromatic carbocycles. The monoisotopic (exact) mass is 515 g/mol. The summed E-state index contributed by atoms with van der Waals surface area (Å²) in [5, 5.41) is 10.6. The van der Waals surface area contributed by atoms with Crippen LogP contribution in [0.25, 0.3) is 11.5 Å². The Morgan fingerprint density at radius 2 is 2.14 bits per heavy atom. The van der Waals surface area contributed by atoms with Gasteiger partial charge in [-0.2, -0.15) is 0 Å². The van der Waals surface area contributed by atoms with Crippen LogP contribution in [0.5, 0.6) is 0 Å². The number of ether oxygens (including phenoxy) is 2. The maximum absolute atomic E-state index is 13.5. The maximum atomic E-state index is 13.5.